The number of nitrogens with zero attached hydrogens (tertiary/aromatic N) is 2. The highest BCUT2D eigenvalue weighted by atomic mass is 16.7. The van der Waals surface area contributed by atoms with Gasteiger partial charge in [0.25, 0.3) is 0 Å². The largest absolute Gasteiger partial charge is 0.347 e. The molecule has 1 aromatic carbocycles. The van der Waals surface area contributed by atoms with Gasteiger partial charge in [0.15, 0.2) is 5.79 Å². The Hall–Kier alpha value is -2.12. The van der Waals surface area contributed by atoms with Gasteiger partial charge in [-0.05, 0) is 12.1 Å². The second kappa shape index (κ2) is 5.50. The van der Waals surface area contributed by atoms with Gasteiger partial charge >= 0.3 is 5.69 Å². The fraction of sp³-hybridized carbons (Fsp3) is 0.500. The van der Waals surface area contributed by atoms with Gasteiger partial charge < -0.3 is 19.4 Å². The van der Waals surface area contributed by atoms with Gasteiger partial charge in [-0.15, -0.1) is 0 Å². The van der Waals surface area contributed by atoms with E-state index in [1.165, 1.54) is 4.57 Å². The molecule has 0 bridgehead atoms. The molecule has 1 N–H and O–H groups in total. The van der Waals surface area contributed by atoms with Crippen molar-refractivity contribution in [2.75, 3.05) is 26.3 Å². The number of carbonyl (C=O) groups excluding carboxylic acids is 1. The maximum absolute atomic E-state index is 12.5. The first-order valence-electron chi connectivity index (χ1n) is 7.90. The molecule has 1 amide bonds. The summed E-state index contributed by atoms with van der Waals surface area (Å²) in [5.41, 5.74) is 1.24. The average Bonchev–Trinajstić information content (AvgIpc) is 3.14. The number of fused-ring (bicyclic) bond motifs is 1. The van der Waals surface area contributed by atoms with Gasteiger partial charge in [0.05, 0.1) is 24.2 Å². The number of benzene rings is 1. The average molecular weight is 317 g/mol. The van der Waals surface area contributed by atoms with Crippen LogP contribution in [0.3, 0.4) is 0 Å². The summed E-state index contributed by atoms with van der Waals surface area (Å²) in [5, 5.41) is 0. The molecular formula is C16H19N3O4. The second-order valence-electron chi connectivity index (χ2n) is 6.02. The zero-order valence-electron chi connectivity index (χ0n) is 12.8. The molecule has 122 valence electrons. The number of rotatable bonds is 2. The molecule has 1 spiro atoms. The molecule has 1 aromatic heterocycles. The summed E-state index contributed by atoms with van der Waals surface area (Å²) < 4.78 is 12.8. The SMILES string of the molecule is O=C(Cn1c(=O)[nH]c2ccccc21)N1CCC2(CC1)OCCO2. The molecule has 0 unspecified atom stereocenters. The van der Waals surface area contributed by atoms with E-state index in [1.807, 2.05) is 24.3 Å². The number of para-hydroxylation sites is 2. The highest BCUT2D eigenvalue weighted by molar-refractivity contribution is 5.80. The Balaban J connectivity index is 1.48. The molecular weight excluding hydrogens is 298 g/mol. The summed E-state index contributed by atoms with van der Waals surface area (Å²) in [6, 6.07) is 7.38. The Morgan fingerprint density at radius 2 is 1.87 bits per heavy atom. The third kappa shape index (κ3) is 2.55. The number of hydrogen-bond donors (Lipinski definition) is 1. The normalized spacial score (nSPS) is 20.4. The molecule has 0 aliphatic carbocycles. The number of aromatic nitrogens is 2. The summed E-state index contributed by atoms with van der Waals surface area (Å²) in [5.74, 6) is -0.543. The lowest BCUT2D eigenvalue weighted by molar-refractivity contribution is -0.187. The highest BCUT2D eigenvalue weighted by Crippen LogP contribution is 2.31. The minimum Gasteiger partial charge on any atom is -0.347 e. The van der Waals surface area contributed by atoms with Gasteiger partial charge in [0, 0.05) is 25.9 Å². The van der Waals surface area contributed by atoms with Crippen LogP contribution in [-0.4, -0.2) is 52.4 Å². The lowest BCUT2D eigenvalue weighted by Gasteiger charge is -2.37. The van der Waals surface area contributed by atoms with Crippen molar-refractivity contribution in [1.82, 2.24) is 14.5 Å². The molecule has 23 heavy (non-hydrogen) atoms. The third-order valence-electron chi connectivity index (χ3n) is 4.67. The van der Waals surface area contributed by atoms with E-state index in [0.29, 0.717) is 39.1 Å². The smallest absolute Gasteiger partial charge is 0.326 e. The van der Waals surface area contributed by atoms with Crippen LogP contribution >= 0.6 is 0 Å². The van der Waals surface area contributed by atoms with Crippen molar-refractivity contribution in [3.05, 3.63) is 34.7 Å². The summed E-state index contributed by atoms with van der Waals surface area (Å²) >= 11 is 0. The van der Waals surface area contributed by atoms with Crippen LogP contribution < -0.4 is 5.69 Å². The summed E-state index contributed by atoms with van der Waals surface area (Å²) in [6.07, 6.45) is 1.36. The molecule has 4 rings (SSSR count). The molecule has 7 heteroatoms. The van der Waals surface area contributed by atoms with Crippen LogP contribution in [0.4, 0.5) is 0 Å². The quantitative estimate of drug-likeness (QED) is 0.884. The fourth-order valence-electron chi connectivity index (χ4n) is 3.38. The van der Waals surface area contributed by atoms with Crippen molar-refractivity contribution >= 4 is 16.9 Å². The Morgan fingerprint density at radius 1 is 1.17 bits per heavy atom. The van der Waals surface area contributed by atoms with E-state index in [4.69, 9.17) is 9.47 Å². The molecule has 7 nitrogen and oxygen atoms in total. The Labute approximate surface area is 132 Å². The monoisotopic (exact) mass is 317 g/mol. The standard InChI is InChI=1S/C16H19N3O4/c20-14(18-7-5-16(6-8-18)22-9-10-23-16)11-19-13-4-2-1-3-12(13)17-15(19)21/h1-4H,5-11H2,(H,17,21). The molecule has 2 fully saturated rings. The van der Waals surface area contributed by atoms with Gasteiger partial charge in [0.2, 0.25) is 5.91 Å². The molecule has 2 aromatic rings. The van der Waals surface area contributed by atoms with Crippen molar-refractivity contribution < 1.29 is 14.3 Å². The number of H-pyrrole nitrogens is 1. The Kier molecular flexibility index (Phi) is 3.46. The number of carbonyl (C=O) groups is 1. The molecule has 0 saturated carbocycles. The highest BCUT2D eigenvalue weighted by Gasteiger charge is 2.40. The Bertz CT molecular complexity index is 778. The minimum atomic E-state index is -0.492. The van der Waals surface area contributed by atoms with Gasteiger partial charge in [-0.2, -0.15) is 0 Å². The van der Waals surface area contributed by atoms with E-state index < -0.39 is 5.79 Å². The molecule has 3 heterocycles. The molecule has 2 aliphatic heterocycles. The maximum atomic E-state index is 12.5. The first-order chi connectivity index (χ1) is 11.2. The van der Waals surface area contributed by atoms with Crippen LogP contribution in [-0.2, 0) is 20.8 Å². The zero-order chi connectivity index (χ0) is 15.9. The van der Waals surface area contributed by atoms with Crippen LogP contribution in [0.25, 0.3) is 11.0 Å². The van der Waals surface area contributed by atoms with Gasteiger partial charge in [0.1, 0.15) is 6.54 Å². The topological polar surface area (TPSA) is 76.6 Å². The van der Waals surface area contributed by atoms with Crippen LogP contribution in [0, 0.1) is 0 Å². The molecule has 2 saturated heterocycles. The van der Waals surface area contributed by atoms with Crippen molar-refractivity contribution in [3.8, 4) is 0 Å². The van der Waals surface area contributed by atoms with Crippen molar-refractivity contribution in [2.24, 2.45) is 0 Å². The number of piperidine rings is 1. The lowest BCUT2D eigenvalue weighted by Crippen LogP contribution is -2.48. The first kappa shape index (κ1) is 14.5. The van der Waals surface area contributed by atoms with Gasteiger partial charge in [-0.3, -0.25) is 9.36 Å². The summed E-state index contributed by atoms with van der Waals surface area (Å²) in [4.78, 5) is 29.1. The molecule has 0 radical (unpaired) electrons. The number of imidazole rings is 1. The van der Waals surface area contributed by atoms with Crippen molar-refractivity contribution in [3.63, 3.8) is 0 Å². The number of likely N-dealkylation sites (tertiary alicyclic amines) is 1. The van der Waals surface area contributed by atoms with E-state index in [9.17, 15) is 9.59 Å². The summed E-state index contributed by atoms with van der Waals surface area (Å²) in [6.45, 7) is 2.49. The Morgan fingerprint density at radius 3 is 2.61 bits per heavy atom. The number of nitrogens with one attached hydrogen (secondary N) is 1. The van der Waals surface area contributed by atoms with E-state index in [0.717, 1.165) is 11.0 Å². The predicted octanol–water partition coefficient (Wildman–Crippen LogP) is 0.695. The van der Waals surface area contributed by atoms with Crippen molar-refractivity contribution in [2.45, 2.75) is 25.2 Å². The first-order valence-corrected chi connectivity index (χ1v) is 7.90. The number of ether oxygens (including phenoxy) is 2. The summed E-state index contributed by atoms with van der Waals surface area (Å²) in [7, 11) is 0. The van der Waals surface area contributed by atoms with Gasteiger partial charge in [-0.1, -0.05) is 12.1 Å². The molecule has 0 atom stereocenters. The van der Waals surface area contributed by atoms with Gasteiger partial charge in [-0.25, -0.2) is 4.79 Å². The zero-order valence-corrected chi connectivity index (χ0v) is 12.8. The van der Waals surface area contributed by atoms with E-state index >= 15 is 0 Å². The van der Waals surface area contributed by atoms with Crippen LogP contribution in [0.1, 0.15) is 12.8 Å². The fourth-order valence-corrected chi connectivity index (χ4v) is 3.38. The number of amides is 1. The molecule has 2 aliphatic rings. The van der Waals surface area contributed by atoms with Crippen LogP contribution in [0.2, 0.25) is 0 Å². The maximum Gasteiger partial charge on any atom is 0.326 e. The van der Waals surface area contributed by atoms with Crippen molar-refractivity contribution in [1.29, 1.82) is 0 Å². The number of hydrogen-bond acceptors (Lipinski definition) is 4. The van der Waals surface area contributed by atoms with E-state index in [-0.39, 0.29) is 18.1 Å². The van der Waals surface area contributed by atoms with Crippen LogP contribution in [0.15, 0.2) is 29.1 Å². The number of aromatic amines is 1. The van der Waals surface area contributed by atoms with E-state index in [1.54, 1.807) is 4.90 Å². The van der Waals surface area contributed by atoms with Crippen LogP contribution in [0.5, 0.6) is 0 Å². The lowest BCUT2D eigenvalue weighted by atomic mass is 10.0. The predicted molar refractivity (Wildman–Crippen MR) is 83.0 cm³/mol. The van der Waals surface area contributed by atoms with E-state index in [2.05, 4.69) is 4.98 Å². The third-order valence-corrected chi connectivity index (χ3v) is 4.67. The minimum absolute atomic E-state index is 0.0512. The second-order valence-corrected chi connectivity index (χ2v) is 6.02.